The highest BCUT2D eigenvalue weighted by Crippen LogP contribution is 2.23. The van der Waals surface area contributed by atoms with Crippen LogP contribution in [0.3, 0.4) is 0 Å². The second-order valence-corrected chi connectivity index (χ2v) is 4.77. The molecule has 1 heterocycles. The van der Waals surface area contributed by atoms with E-state index in [9.17, 15) is 4.79 Å². The van der Waals surface area contributed by atoms with Gasteiger partial charge in [-0.2, -0.15) is 0 Å². The third kappa shape index (κ3) is 4.86. The van der Waals surface area contributed by atoms with Gasteiger partial charge in [-0.3, -0.25) is 0 Å². The van der Waals surface area contributed by atoms with Crippen LogP contribution in [-0.4, -0.2) is 36.4 Å². The molecule has 0 aromatic rings. The number of rotatable bonds is 5. The standard InChI is InChI=1S/C10H19NO3S/c1-2-13-10(12)8(11)7-15-9-5-3-4-6-14-9/h8-9H,2-7,11H2,1H3/p+1/t8-,9-/m1/s1. The van der Waals surface area contributed by atoms with E-state index in [2.05, 4.69) is 5.73 Å². The largest absolute Gasteiger partial charge is 0.462 e. The van der Waals surface area contributed by atoms with Gasteiger partial charge in [-0.1, -0.05) is 0 Å². The Morgan fingerprint density at radius 1 is 1.67 bits per heavy atom. The first-order chi connectivity index (χ1) is 7.24. The van der Waals surface area contributed by atoms with Crippen LogP contribution in [-0.2, 0) is 14.3 Å². The molecule has 0 unspecified atom stereocenters. The molecule has 0 saturated carbocycles. The smallest absolute Gasteiger partial charge is 0.365 e. The van der Waals surface area contributed by atoms with Gasteiger partial charge in [-0.15, -0.1) is 11.8 Å². The van der Waals surface area contributed by atoms with Gasteiger partial charge in [0.05, 0.1) is 12.4 Å². The normalized spacial score (nSPS) is 23.5. The predicted molar refractivity (Wildman–Crippen MR) is 59.4 cm³/mol. The molecule has 0 aromatic carbocycles. The summed E-state index contributed by atoms with van der Waals surface area (Å²) in [5.74, 6) is 0.476. The van der Waals surface area contributed by atoms with Crippen LogP contribution in [0.5, 0.6) is 0 Å². The lowest BCUT2D eigenvalue weighted by Crippen LogP contribution is -2.66. The molecule has 3 N–H and O–H groups in total. The Labute approximate surface area is 94.9 Å². The maximum atomic E-state index is 11.3. The molecule has 1 rings (SSSR count). The number of hydrogen-bond donors (Lipinski definition) is 1. The van der Waals surface area contributed by atoms with Crippen LogP contribution >= 0.6 is 11.8 Å². The first-order valence-corrected chi connectivity index (χ1v) is 6.51. The van der Waals surface area contributed by atoms with E-state index in [1.165, 1.54) is 6.42 Å². The van der Waals surface area contributed by atoms with Crippen molar-refractivity contribution in [3.8, 4) is 0 Å². The molecule has 1 saturated heterocycles. The molecule has 2 atom stereocenters. The minimum atomic E-state index is -0.277. The molecule has 1 aliphatic heterocycles. The highest BCUT2D eigenvalue weighted by Gasteiger charge is 2.22. The molecule has 0 amide bonds. The van der Waals surface area contributed by atoms with Crippen LogP contribution < -0.4 is 5.73 Å². The molecule has 1 fully saturated rings. The molecule has 5 heteroatoms. The third-order valence-electron chi connectivity index (χ3n) is 2.24. The van der Waals surface area contributed by atoms with Gasteiger partial charge >= 0.3 is 5.97 Å². The fourth-order valence-electron chi connectivity index (χ4n) is 1.39. The fraction of sp³-hybridized carbons (Fsp3) is 0.900. The van der Waals surface area contributed by atoms with E-state index >= 15 is 0 Å². The van der Waals surface area contributed by atoms with Crippen molar-refractivity contribution in [1.29, 1.82) is 0 Å². The van der Waals surface area contributed by atoms with Crippen LogP contribution in [0.15, 0.2) is 0 Å². The van der Waals surface area contributed by atoms with Crippen molar-refractivity contribution in [2.24, 2.45) is 0 Å². The van der Waals surface area contributed by atoms with Gasteiger partial charge in [0.15, 0.2) is 6.04 Å². The summed E-state index contributed by atoms with van der Waals surface area (Å²) < 4.78 is 10.4. The lowest BCUT2D eigenvalue weighted by molar-refractivity contribution is -0.401. The number of thioether (sulfide) groups is 1. The lowest BCUT2D eigenvalue weighted by Gasteiger charge is -2.22. The Hall–Kier alpha value is -0.260. The molecular weight excluding hydrogens is 214 g/mol. The van der Waals surface area contributed by atoms with Crippen LogP contribution in [0.4, 0.5) is 0 Å². The molecule has 0 radical (unpaired) electrons. The summed E-state index contributed by atoms with van der Waals surface area (Å²) in [5, 5.41) is 0. The van der Waals surface area contributed by atoms with Gasteiger partial charge in [0, 0.05) is 6.61 Å². The number of ether oxygens (including phenoxy) is 2. The first kappa shape index (κ1) is 12.8. The van der Waals surface area contributed by atoms with Gasteiger partial charge < -0.3 is 15.2 Å². The van der Waals surface area contributed by atoms with E-state index in [4.69, 9.17) is 9.47 Å². The second-order valence-electron chi connectivity index (χ2n) is 3.58. The van der Waals surface area contributed by atoms with Crippen LogP contribution in [0.1, 0.15) is 26.2 Å². The molecule has 15 heavy (non-hydrogen) atoms. The number of carbonyl (C=O) groups is 1. The summed E-state index contributed by atoms with van der Waals surface area (Å²) in [4.78, 5) is 11.3. The molecule has 1 aliphatic rings. The highest BCUT2D eigenvalue weighted by molar-refractivity contribution is 7.99. The van der Waals surface area contributed by atoms with E-state index in [0.29, 0.717) is 12.4 Å². The summed E-state index contributed by atoms with van der Waals surface area (Å²) in [6.45, 7) is 3.08. The highest BCUT2D eigenvalue weighted by atomic mass is 32.2. The Kier molecular flexibility index (Phi) is 6.05. The van der Waals surface area contributed by atoms with E-state index in [1.54, 1.807) is 11.8 Å². The zero-order valence-corrected chi connectivity index (χ0v) is 10.1. The Morgan fingerprint density at radius 3 is 3.07 bits per heavy atom. The van der Waals surface area contributed by atoms with Crippen molar-refractivity contribution in [1.82, 2.24) is 0 Å². The quantitative estimate of drug-likeness (QED) is 0.700. The van der Waals surface area contributed by atoms with Crippen molar-refractivity contribution in [3.63, 3.8) is 0 Å². The lowest BCUT2D eigenvalue weighted by atomic mass is 10.2. The van der Waals surface area contributed by atoms with Gasteiger partial charge in [0.2, 0.25) is 0 Å². The van der Waals surface area contributed by atoms with E-state index < -0.39 is 0 Å². The number of esters is 1. The van der Waals surface area contributed by atoms with E-state index in [1.807, 2.05) is 6.92 Å². The number of quaternary nitrogens is 1. The van der Waals surface area contributed by atoms with Crippen LogP contribution in [0.25, 0.3) is 0 Å². The van der Waals surface area contributed by atoms with E-state index in [0.717, 1.165) is 19.4 Å². The van der Waals surface area contributed by atoms with Crippen molar-refractivity contribution < 1.29 is 20.0 Å². The molecule has 88 valence electrons. The van der Waals surface area contributed by atoms with Crippen LogP contribution in [0, 0.1) is 0 Å². The van der Waals surface area contributed by atoms with Gasteiger partial charge in [-0.05, 0) is 26.2 Å². The Morgan fingerprint density at radius 2 is 2.47 bits per heavy atom. The maximum Gasteiger partial charge on any atom is 0.365 e. The average Bonchev–Trinajstić information content (AvgIpc) is 2.27. The van der Waals surface area contributed by atoms with Crippen LogP contribution in [0.2, 0.25) is 0 Å². The monoisotopic (exact) mass is 234 g/mol. The summed E-state index contributed by atoms with van der Waals surface area (Å²) in [5.41, 5.74) is 4.04. The zero-order chi connectivity index (χ0) is 11.1. The second kappa shape index (κ2) is 7.09. The molecule has 0 aliphatic carbocycles. The predicted octanol–water partition coefficient (Wildman–Crippen LogP) is 0.420. The molecule has 0 aromatic heterocycles. The Bertz CT molecular complexity index is 195. The first-order valence-electron chi connectivity index (χ1n) is 5.47. The topological polar surface area (TPSA) is 63.2 Å². The molecule has 0 spiro atoms. The summed E-state index contributed by atoms with van der Waals surface area (Å²) in [7, 11) is 0. The summed E-state index contributed by atoms with van der Waals surface area (Å²) in [6, 6.07) is -0.277. The van der Waals surface area contributed by atoms with Crippen molar-refractivity contribution in [2.45, 2.75) is 37.7 Å². The Balaban J connectivity index is 2.14. The van der Waals surface area contributed by atoms with Crippen molar-refractivity contribution >= 4 is 17.7 Å². The third-order valence-corrected chi connectivity index (χ3v) is 3.58. The maximum absolute atomic E-state index is 11.3. The SMILES string of the molecule is CCOC(=O)[C@H]([NH3+])CS[C@@H]1CCCCO1. The summed E-state index contributed by atoms with van der Waals surface area (Å²) >= 11 is 1.67. The minimum absolute atomic E-state index is 0.208. The number of carbonyl (C=O) groups excluding carboxylic acids is 1. The van der Waals surface area contributed by atoms with Gasteiger partial charge in [0.1, 0.15) is 5.44 Å². The van der Waals surface area contributed by atoms with Gasteiger partial charge in [0.25, 0.3) is 0 Å². The molecule has 0 bridgehead atoms. The average molecular weight is 234 g/mol. The van der Waals surface area contributed by atoms with Crippen molar-refractivity contribution in [3.05, 3.63) is 0 Å². The fourth-order valence-corrected chi connectivity index (χ4v) is 2.50. The van der Waals surface area contributed by atoms with E-state index in [-0.39, 0.29) is 17.4 Å². The molecular formula is C10H20NO3S+. The minimum Gasteiger partial charge on any atom is -0.462 e. The van der Waals surface area contributed by atoms with Gasteiger partial charge in [-0.25, -0.2) is 4.79 Å². The summed E-state index contributed by atoms with van der Waals surface area (Å²) in [6.07, 6.45) is 3.46. The number of hydrogen-bond acceptors (Lipinski definition) is 4. The van der Waals surface area contributed by atoms with Crippen molar-refractivity contribution in [2.75, 3.05) is 19.0 Å². The molecule has 4 nitrogen and oxygen atoms in total. The zero-order valence-electron chi connectivity index (χ0n) is 9.24.